The number of hydrogen-bond donors (Lipinski definition) is 0. The molecule has 0 spiro atoms. The highest BCUT2D eigenvalue weighted by Crippen LogP contribution is 2.44. The van der Waals surface area contributed by atoms with Crippen LogP contribution in [-0.4, -0.2) is 9.55 Å². The molecule has 10 rings (SSSR count). The van der Waals surface area contributed by atoms with Crippen LogP contribution in [-0.2, 0) is 0 Å². The van der Waals surface area contributed by atoms with Gasteiger partial charge in [0.1, 0.15) is 0 Å². The molecule has 2 heterocycles. The standard InChI is InChI=1S/C47H30N2/c1-3-15-32(16-4-1)44-37-20-9-11-22-39(37)45(40-23-12-10-21-38(40)44)42-28-26-33(30-48-42)36-24-13-25-41-46-35-19-8-7-14-31(35)27-29-43(46)49(47(36)41)34-17-5-2-6-18-34/h1-30H. The van der Waals surface area contributed by atoms with Crippen molar-refractivity contribution in [1.29, 1.82) is 0 Å². The number of para-hydroxylation sites is 2. The molecule has 0 radical (unpaired) electrons. The molecular formula is C47H30N2. The van der Waals surface area contributed by atoms with Gasteiger partial charge in [-0.1, -0.05) is 152 Å². The first-order chi connectivity index (χ1) is 24.3. The molecule has 2 heteroatoms. The molecule has 0 bridgehead atoms. The molecule has 0 N–H and O–H groups in total. The molecule has 8 aromatic carbocycles. The summed E-state index contributed by atoms with van der Waals surface area (Å²) in [6.45, 7) is 0. The Labute approximate surface area is 284 Å². The lowest BCUT2D eigenvalue weighted by molar-refractivity contribution is 1.18. The lowest BCUT2D eigenvalue weighted by Gasteiger charge is -2.17. The van der Waals surface area contributed by atoms with Crippen molar-refractivity contribution in [3.63, 3.8) is 0 Å². The van der Waals surface area contributed by atoms with E-state index in [1.54, 1.807) is 0 Å². The Kier molecular flexibility index (Phi) is 6.22. The maximum atomic E-state index is 5.23. The zero-order valence-electron chi connectivity index (χ0n) is 26.7. The molecule has 0 atom stereocenters. The van der Waals surface area contributed by atoms with Crippen molar-refractivity contribution in [1.82, 2.24) is 9.55 Å². The molecule has 0 saturated carbocycles. The first kappa shape index (κ1) is 27.6. The maximum absolute atomic E-state index is 5.23. The summed E-state index contributed by atoms with van der Waals surface area (Å²) in [5.74, 6) is 0. The van der Waals surface area contributed by atoms with E-state index in [4.69, 9.17) is 4.98 Å². The summed E-state index contributed by atoms with van der Waals surface area (Å²) < 4.78 is 2.42. The third-order valence-corrected chi connectivity index (χ3v) is 10.0. The number of rotatable bonds is 4. The third kappa shape index (κ3) is 4.24. The van der Waals surface area contributed by atoms with Crippen LogP contribution in [0.5, 0.6) is 0 Å². The minimum absolute atomic E-state index is 0.970. The molecule has 0 aliphatic heterocycles. The number of aromatic nitrogens is 2. The molecule has 2 aromatic heterocycles. The van der Waals surface area contributed by atoms with Crippen LogP contribution < -0.4 is 0 Å². The van der Waals surface area contributed by atoms with Gasteiger partial charge in [-0.3, -0.25) is 4.98 Å². The van der Waals surface area contributed by atoms with Gasteiger partial charge in [0.2, 0.25) is 0 Å². The third-order valence-electron chi connectivity index (χ3n) is 10.0. The van der Waals surface area contributed by atoms with Gasteiger partial charge in [-0.15, -0.1) is 0 Å². The molecule has 0 unspecified atom stereocenters. The second-order valence-electron chi connectivity index (χ2n) is 12.7. The summed E-state index contributed by atoms with van der Waals surface area (Å²) in [6.07, 6.45) is 2.06. The SMILES string of the molecule is c1ccc(-c2c3ccccc3c(-c3ccc(-c4cccc5c6c7ccccc7ccc6n(-c6ccccc6)c45)cn3)c3ccccc23)cc1. The quantitative estimate of drug-likeness (QED) is 0.179. The van der Waals surface area contributed by atoms with Gasteiger partial charge in [0.25, 0.3) is 0 Å². The average Bonchev–Trinajstić information content (AvgIpc) is 3.53. The zero-order chi connectivity index (χ0) is 32.3. The Morgan fingerprint density at radius 3 is 1.65 bits per heavy atom. The lowest BCUT2D eigenvalue weighted by atomic mass is 9.87. The lowest BCUT2D eigenvalue weighted by Crippen LogP contribution is -1.96. The first-order valence-corrected chi connectivity index (χ1v) is 16.8. The van der Waals surface area contributed by atoms with E-state index in [0.717, 1.165) is 22.5 Å². The Morgan fingerprint density at radius 2 is 0.980 bits per heavy atom. The smallest absolute Gasteiger partial charge is 0.0714 e. The predicted octanol–water partition coefficient (Wildman–Crippen LogP) is 12.6. The Balaban J connectivity index is 1.22. The maximum Gasteiger partial charge on any atom is 0.0714 e. The average molecular weight is 623 g/mol. The largest absolute Gasteiger partial charge is 0.309 e. The van der Waals surface area contributed by atoms with Crippen LogP contribution in [0.1, 0.15) is 0 Å². The highest BCUT2D eigenvalue weighted by Gasteiger charge is 2.20. The minimum atomic E-state index is 0.970. The Morgan fingerprint density at radius 1 is 0.388 bits per heavy atom. The second kappa shape index (κ2) is 11.0. The molecule has 228 valence electrons. The molecule has 2 nitrogen and oxygen atoms in total. The zero-order valence-corrected chi connectivity index (χ0v) is 26.7. The molecular weight excluding hydrogens is 593 g/mol. The van der Waals surface area contributed by atoms with Gasteiger partial charge in [-0.25, -0.2) is 0 Å². The number of nitrogens with zero attached hydrogens (tertiary/aromatic N) is 2. The number of benzene rings is 8. The topological polar surface area (TPSA) is 17.8 Å². The summed E-state index contributed by atoms with van der Waals surface area (Å²) in [5, 5.41) is 9.91. The van der Waals surface area contributed by atoms with Crippen LogP contribution in [0.3, 0.4) is 0 Å². The van der Waals surface area contributed by atoms with E-state index in [2.05, 4.69) is 187 Å². The fourth-order valence-electron chi connectivity index (χ4n) is 7.94. The summed E-state index contributed by atoms with van der Waals surface area (Å²) >= 11 is 0. The van der Waals surface area contributed by atoms with Crippen molar-refractivity contribution < 1.29 is 0 Å². The van der Waals surface area contributed by atoms with E-state index in [1.807, 2.05) is 0 Å². The number of fused-ring (bicyclic) bond motifs is 7. The summed E-state index contributed by atoms with van der Waals surface area (Å²) in [6, 6.07) is 63.3. The second-order valence-corrected chi connectivity index (χ2v) is 12.7. The number of pyridine rings is 1. The van der Waals surface area contributed by atoms with Crippen molar-refractivity contribution in [2.45, 2.75) is 0 Å². The van der Waals surface area contributed by atoms with Crippen molar-refractivity contribution in [3.05, 3.63) is 182 Å². The Hall–Kier alpha value is -6.51. The van der Waals surface area contributed by atoms with Gasteiger partial charge in [0.05, 0.1) is 16.7 Å². The van der Waals surface area contributed by atoms with E-state index in [0.29, 0.717) is 0 Å². The highest BCUT2D eigenvalue weighted by molar-refractivity contribution is 6.24. The normalized spacial score (nSPS) is 11.7. The molecule has 0 aliphatic rings. The Bertz CT molecular complexity index is 2790. The molecule has 10 aromatic rings. The van der Waals surface area contributed by atoms with Crippen LogP contribution in [0.4, 0.5) is 0 Å². The predicted molar refractivity (Wildman–Crippen MR) is 207 cm³/mol. The van der Waals surface area contributed by atoms with E-state index < -0.39 is 0 Å². The van der Waals surface area contributed by atoms with Crippen LogP contribution in [0.2, 0.25) is 0 Å². The highest BCUT2D eigenvalue weighted by atomic mass is 15.0. The summed E-state index contributed by atoms with van der Waals surface area (Å²) in [5.41, 5.74) is 10.4. The van der Waals surface area contributed by atoms with E-state index in [-0.39, 0.29) is 0 Å². The van der Waals surface area contributed by atoms with Gasteiger partial charge < -0.3 is 4.57 Å². The minimum Gasteiger partial charge on any atom is -0.309 e. The van der Waals surface area contributed by atoms with Crippen molar-refractivity contribution >= 4 is 54.1 Å². The summed E-state index contributed by atoms with van der Waals surface area (Å²) in [7, 11) is 0. The first-order valence-electron chi connectivity index (χ1n) is 16.8. The van der Waals surface area contributed by atoms with Crippen molar-refractivity contribution in [3.8, 4) is 39.2 Å². The molecule has 49 heavy (non-hydrogen) atoms. The van der Waals surface area contributed by atoms with Gasteiger partial charge in [0, 0.05) is 39.3 Å². The van der Waals surface area contributed by atoms with Crippen LogP contribution in [0, 0.1) is 0 Å². The van der Waals surface area contributed by atoms with Crippen LogP contribution in [0.25, 0.3) is 93.3 Å². The van der Waals surface area contributed by atoms with E-state index in [1.165, 1.54) is 70.8 Å². The van der Waals surface area contributed by atoms with Crippen LogP contribution >= 0.6 is 0 Å². The molecule has 0 saturated heterocycles. The monoisotopic (exact) mass is 622 g/mol. The summed E-state index contributed by atoms with van der Waals surface area (Å²) in [4.78, 5) is 5.23. The van der Waals surface area contributed by atoms with Gasteiger partial charge in [-0.05, 0) is 67.7 Å². The van der Waals surface area contributed by atoms with E-state index in [9.17, 15) is 0 Å². The fraction of sp³-hybridized carbons (Fsp3) is 0. The van der Waals surface area contributed by atoms with Gasteiger partial charge in [0.15, 0.2) is 0 Å². The molecule has 0 amide bonds. The fourth-order valence-corrected chi connectivity index (χ4v) is 7.94. The van der Waals surface area contributed by atoms with Crippen molar-refractivity contribution in [2.24, 2.45) is 0 Å². The molecule has 0 aliphatic carbocycles. The van der Waals surface area contributed by atoms with Crippen LogP contribution in [0.15, 0.2) is 182 Å². The van der Waals surface area contributed by atoms with Crippen molar-refractivity contribution in [2.75, 3.05) is 0 Å². The van der Waals surface area contributed by atoms with E-state index >= 15 is 0 Å². The molecule has 0 fully saturated rings. The van der Waals surface area contributed by atoms with Gasteiger partial charge in [-0.2, -0.15) is 0 Å². The number of hydrogen-bond acceptors (Lipinski definition) is 1. The van der Waals surface area contributed by atoms with Gasteiger partial charge >= 0.3 is 0 Å².